The first-order chi connectivity index (χ1) is 13.6. The second-order valence-corrected chi connectivity index (χ2v) is 8.42. The molecule has 4 aromatic rings. The molecule has 0 atom stereocenters. The second kappa shape index (κ2) is 6.63. The number of fused-ring (bicyclic) bond motifs is 1. The molecule has 0 aliphatic heterocycles. The number of rotatable bonds is 5. The van der Waals surface area contributed by atoms with Gasteiger partial charge in [-0.1, -0.05) is 0 Å². The highest BCUT2D eigenvalue weighted by atomic mass is 32.1. The lowest BCUT2D eigenvalue weighted by Crippen LogP contribution is -2.16. The van der Waals surface area contributed by atoms with E-state index in [0.29, 0.717) is 18.3 Å². The number of imidazole rings is 1. The van der Waals surface area contributed by atoms with E-state index in [2.05, 4.69) is 30.0 Å². The predicted octanol–water partition coefficient (Wildman–Crippen LogP) is 4.55. The third kappa shape index (κ3) is 3.14. The van der Waals surface area contributed by atoms with Gasteiger partial charge in [-0.3, -0.25) is 9.36 Å². The van der Waals surface area contributed by atoms with Crippen LogP contribution in [0.25, 0.3) is 16.7 Å². The maximum Gasteiger partial charge on any atom is 0.258 e. The Bertz CT molecular complexity index is 1230. The van der Waals surface area contributed by atoms with Gasteiger partial charge in [0.25, 0.3) is 5.56 Å². The maximum absolute atomic E-state index is 12.7. The van der Waals surface area contributed by atoms with Crippen LogP contribution in [0.2, 0.25) is 0 Å². The lowest BCUT2D eigenvalue weighted by Gasteiger charge is -2.09. The molecule has 3 aromatic heterocycles. The molecular formula is C22H21N3O2S. The van der Waals surface area contributed by atoms with Crippen molar-refractivity contribution in [3.8, 4) is 11.4 Å². The molecule has 0 bridgehead atoms. The van der Waals surface area contributed by atoms with Crippen LogP contribution in [0.3, 0.4) is 0 Å². The second-order valence-electron chi connectivity index (χ2n) is 7.43. The van der Waals surface area contributed by atoms with E-state index in [0.717, 1.165) is 27.4 Å². The fourth-order valence-electron chi connectivity index (χ4n) is 3.54. The monoisotopic (exact) mass is 391 g/mol. The van der Waals surface area contributed by atoms with Crippen molar-refractivity contribution in [1.29, 1.82) is 0 Å². The van der Waals surface area contributed by atoms with Crippen LogP contribution in [-0.2, 0) is 13.7 Å². The third-order valence-corrected chi connectivity index (χ3v) is 6.20. The van der Waals surface area contributed by atoms with E-state index < -0.39 is 0 Å². The van der Waals surface area contributed by atoms with E-state index in [-0.39, 0.29) is 5.56 Å². The largest absolute Gasteiger partial charge is 0.488 e. The Morgan fingerprint density at radius 1 is 1.21 bits per heavy atom. The van der Waals surface area contributed by atoms with Gasteiger partial charge in [-0.05, 0) is 61.0 Å². The van der Waals surface area contributed by atoms with Crippen molar-refractivity contribution in [1.82, 2.24) is 14.1 Å². The minimum absolute atomic E-state index is 0.108. The minimum Gasteiger partial charge on any atom is -0.488 e. The molecule has 0 N–H and O–H groups in total. The number of aryl methyl sites for hydroxylation is 2. The average molecular weight is 391 g/mol. The fraction of sp³-hybridized carbons (Fsp3) is 0.273. The van der Waals surface area contributed by atoms with Crippen LogP contribution in [0.1, 0.15) is 35.0 Å². The van der Waals surface area contributed by atoms with E-state index >= 15 is 0 Å². The van der Waals surface area contributed by atoms with Crippen molar-refractivity contribution in [3.05, 3.63) is 74.6 Å². The van der Waals surface area contributed by atoms with Gasteiger partial charge in [-0.2, -0.15) is 0 Å². The summed E-state index contributed by atoms with van der Waals surface area (Å²) in [5, 5.41) is 2.10. The summed E-state index contributed by atoms with van der Waals surface area (Å²) in [6.45, 7) is 2.54. The van der Waals surface area contributed by atoms with Crippen LogP contribution in [0.15, 0.2) is 52.8 Å². The molecule has 0 spiro atoms. The number of pyridine rings is 1. The number of benzene rings is 1. The summed E-state index contributed by atoms with van der Waals surface area (Å²) in [6, 6.07) is 11.5. The van der Waals surface area contributed by atoms with Gasteiger partial charge < -0.3 is 9.30 Å². The Morgan fingerprint density at radius 3 is 2.79 bits per heavy atom. The van der Waals surface area contributed by atoms with Gasteiger partial charge in [0, 0.05) is 30.1 Å². The lowest BCUT2D eigenvalue weighted by atomic mass is 10.2. The van der Waals surface area contributed by atoms with Gasteiger partial charge in [-0.25, -0.2) is 4.98 Å². The molecule has 1 aromatic carbocycles. The number of hydrogen-bond donors (Lipinski definition) is 0. The molecule has 6 heteroatoms. The van der Waals surface area contributed by atoms with E-state index in [9.17, 15) is 4.79 Å². The zero-order valence-corrected chi connectivity index (χ0v) is 16.7. The van der Waals surface area contributed by atoms with Gasteiger partial charge in [0.1, 0.15) is 18.2 Å². The van der Waals surface area contributed by atoms with E-state index in [1.165, 1.54) is 18.4 Å². The predicted molar refractivity (Wildman–Crippen MR) is 112 cm³/mol. The van der Waals surface area contributed by atoms with Crippen LogP contribution in [-0.4, -0.2) is 14.1 Å². The topological polar surface area (TPSA) is 49.0 Å². The molecular weight excluding hydrogens is 370 g/mol. The summed E-state index contributed by atoms with van der Waals surface area (Å²) in [5.74, 6) is 2.32. The Morgan fingerprint density at radius 2 is 2.07 bits per heavy atom. The van der Waals surface area contributed by atoms with E-state index in [1.54, 1.807) is 28.2 Å². The van der Waals surface area contributed by atoms with Crippen molar-refractivity contribution in [3.63, 3.8) is 0 Å². The number of hydrogen-bond acceptors (Lipinski definition) is 4. The fourth-order valence-corrected chi connectivity index (χ4v) is 4.32. The molecule has 5 nitrogen and oxygen atoms in total. The van der Waals surface area contributed by atoms with Crippen LogP contribution in [0, 0.1) is 6.92 Å². The molecule has 28 heavy (non-hydrogen) atoms. The Balaban J connectivity index is 1.42. The van der Waals surface area contributed by atoms with E-state index in [4.69, 9.17) is 9.72 Å². The SMILES string of the molecule is Cc1csc(COc2ccn(-c3ccc4nc(C5CC5)n(C)c4c3)c(=O)c2)c1. The van der Waals surface area contributed by atoms with Gasteiger partial charge in [0.15, 0.2) is 0 Å². The molecule has 0 saturated heterocycles. The first-order valence-electron chi connectivity index (χ1n) is 9.45. The zero-order valence-electron chi connectivity index (χ0n) is 15.9. The van der Waals surface area contributed by atoms with Gasteiger partial charge in [0.05, 0.1) is 16.7 Å². The molecule has 3 heterocycles. The molecule has 1 aliphatic rings. The Labute approximate surface area is 166 Å². The summed E-state index contributed by atoms with van der Waals surface area (Å²) in [7, 11) is 2.05. The molecule has 1 aliphatic carbocycles. The zero-order chi connectivity index (χ0) is 19.3. The van der Waals surface area contributed by atoms with Crippen molar-refractivity contribution in [2.45, 2.75) is 32.3 Å². The lowest BCUT2D eigenvalue weighted by molar-refractivity contribution is 0.309. The number of nitrogens with zero attached hydrogens (tertiary/aromatic N) is 3. The van der Waals surface area contributed by atoms with Crippen LogP contribution >= 0.6 is 11.3 Å². The molecule has 0 amide bonds. The summed E-state index contributed by atoms with van der Waals surface area (Å²) >= 11 is 1.67. The highest BCUT2D eigenvalue weighted by molar-refractivity contribution is 7.10. The standard InChI is InChI=1S/C22H21N3O2S/c1-14-9-18(28-13-14)12-27-17-7-8-25(21(26)11-17)16-5-6-19-20(10-16)24(2)22(23-19)15-3-4-15/h5-11,13,15H,3-4,12H2,1-2H3. The molecule has 1 fully saturated rings. The Kier molecular flexibility index (Phi) is 4.09. The van der Waals surface area contributed by atoms with Crippen LogP contribution < -0.4 is 10.3 Å². The van der Waals surface area contributed by atoms with Crippen molar-refractivity contribution in [2.75, 3.05) is 0 Å². The Hall–Kier alpha value is -2.86. The van der Waals surface area contributed by atoms with Crippen molar-refractivity contribution < 1.29 is 4.74 Å². The van der Waals surface area contributed by atoms with Crippen molar-refractivity contribution in [2.24, 2.45) is 7.05 Å². The summed E-state index contributed by atoms with van der Waals surface area (Å²) in [6.07, 6.45) is 4.21. The summed E-state index contributed by atoms with van der Waals surface area (Å²) < 4.78 is 9.59. The van der Waals surface area contributed by atoms with Crippen molar-refractivity contribution >= 4 is 22.4 Å². The van der Waals surface area contributed by atoms with Gasteiger partial charge in [-0.15, -0.1) is 11.3 Å². The molecule has 0 unspecified atom stereocenters. The maximum atomic E-state index is 12.7. The first-order valence-corrected chi connectivity index (χ1v) is 10.3. The molecule has 1 saturated carbocycles. The average Bonchev–Trinajstić information content (AvgIpc) is 3.37. The smallest absolute Gasteiger partial charge is 0.258 e. The molecule has 0 radical (unpaired) electrons. The number of thiophene rings is 1. The highest BCUT2D eigenvalue weighted by Gasteiger charge is 2.28. The summed E-state index contributed by atoms with van der Waals surface area (Å²) in [5.41, 5.74) is 3.99. The third-order valence-electron chi connectivity index (χ3n) is 5.18. The van der Waals surface area contributed by atoms with Gasteiger partial charge >= 0.3 is 0 Å². The quantitative estimate of drug-likeness (QED) is 0.501. The molecule has 142 valence electrons. The molecule has 5 rings (SSSR count). The highest BCUT2D eigenvalue weighted by Crippen LogP contribution is 2.40. The summed E-state index contributed by atoms with van der Waals surface area (Å²) in [4.78, 5) is 18.6. The van der Waals surface area contributed by atoms with Gasteiger partial charge in [0.2, 0.25) is 0 Å². The first kappa shape index (κ1) is 17.3. The van der Waals surface area contributed by atoms with E-state index in [1.807, 2.05) is 24.3 Å². The minimum atomic E-state index is -0.108. The van der Waals surface area contributed by atoms with Crippen LogP contribution in [0.5, 0.6) is 5.75 Å². The van der Waals surface area contributed by atoms with Crippen LogP contribution in [0.4, 0.5) is 0 Å². The number of ether oxygens (including phenoxy) is 1. The number of aromatic nitrogens is 3. The normalized spacial score (nSPS) is 13.9.